The Kier molecular flexibility index (Phi) is 7.35. The first kappa shape index (κ1) is 19.8. The van der Waals surface area contributed by atoms with Crippen LogP contribution in [0.1, 0.15) is 35.5 Å². The number of hydrogen-bond acceptors (Lipinski definition) is 5. The summed E-state index contributed by atoms with van der Waals surface area (Å²) < 4.78 is 10.8. The molecular weight excluding hydrogens is 310 g/mol. The van der Waals surface area contributed by atoms with Gasteiger partial charge in [-0.05, 0) is 26.3 Å². The molecule has 0 fully saturated rings. The van der Waals surface area contributed by atoms with E-state index in [4.69, 9.17) is 9.47 Å². The molecule has 2 rings (SSSR count). The summed E-state index contributed by atoms with van der Waals surface area (Å²) in [7, 11) is 3.05. The van der Waals surface area contributed by atoms with Crippen molar-refractivity contribution in [3.63, 3.8) is 0 Å². The largest absolute Gasteiger partial charge is 0.390 e. The maximum atomic E-state index is 9.65. The van der Waals surface area contributed by atoms with Crippen molar-refractivity contribution in [3.05, 3.63) is 39.9 Å². The van der Waals surface area contributed by atoms with Gasteiger partial charge < -0.3 is 14.6 Å². The van der Waals surface area contributed by atoms with Crippen molar-refractivity contribution in [3.8, 4) is 10.6 Å². The molecule has 0 aliphatic carbocycles. The Morgan fingerprint density at radius 2 is 1.74 bits per heavy atom. The van der Waals surface area contributed by atoms with E-state index in [2.05, 4.69) is 37.0 Å². The van der Waals surface area contributed by atoms with Gasteiger partial charge in [0.15, 0.2) is 0 Å². The molecule has 0 saturated carbocycles. The van der Waals surface area contributed by atoms with E-state index in [1.807, 2.05) is 20.8 Å². The SMILES string of the molecule is CC.COC(CO)(OC)c1sc(-c2ccc(C)cc2C)nc1C. The molecule has 4 nitrogen and oxygen atoms in total. The van der Waals surface area contributed by atoms with Crippen LogP contribution < -0.4 is 0 Å². The van der Waals surface area contributed by atoms with Crippen LogP contribution in [-0.2, 0) is 15.3 Å². The molecule has 1 heterocycles. The standard InChI is InChI=1S/C16H21NO3S.C2H6/c1-10-6-7-13(11(2)8-10)15-17-12(3)14(21-15)16(9-18,19-4)20-5;1-2/h6-8,18H,9H2,1-5H3;1-2H3. The van der Waals surface area contributed by atoms with E-state index in [-0.39, 0.29) is 6.61 Å². The maximum Gasteiger partial charge on any atom is 0.229 e. The highest BCUT2D eigenvalue weighted by molar-refractivity contribution is 7.15. The zero-order valence-electron chi connectivity index (χ0n) is 15.1. The first-order valence-electron chi connectivity index (χ1n) is 7.74. The Morgan fingerprint density at radius 3 is 2.22 bits per heavy atom. The summed E-state index contributed by atoms with van der Waals surface area (Å²) in [6, 6.07) is 6.29. The zero-order chi connectivity index (χ0) is 17.6. The number of aliphatic hydroxyl groups is 1. The van der Waals surface area contributed by atoms with E-state index in [9.17, 15) is 5.11 Å². The fraction of sp³-hybridized carbons (Fsp3) is 0.500. The molecule has 2 aromatic rings. The van der Waals surface area contributed by atoms with E-state index in [1.165, 1.54) is 36.7 Å². The fourth-order valence-electron chi connectivity index (χ4n) is 2.39. The Balaban J connectivity index is 0.00000127. The van der Waals surface area contributed by atoms with Crippen LogP contribution >= 0.6 is 11.3 Å². The molecule has 1 aromatic heterocycles. The van der Waals surface area contributed by atoms with E-state index >= 15 is 0 Å². The van der Waals surface area contributed by atoms with Gasteiger partial charge in [0.05, 0.1) is 10.6 Å². The molecule has 0 radical (unpaired) electrons. The van der Waals surface area contributed by atoms with Crippen molar-refractivity contribution in [1.29, 1.82) is 0 Å². The van der Waals surface area contributed by atoms with Crippen LogP contribution in [0, 0.1) is 20.8 Å². The van der Waals surface area contributed by atoms with E-state index in [0.29, 0.717) is 0 Å². The Labute approximate surface area is 143 Å². The average Bonchev–Trinajstić information content (AvgIpc) is 2.94. The molecule has 0 amide bonds. The van der Waals surface area contributed by atoms with Gasteiger partial charge in [0.25, 0.3) is 0 Å². The predicted octanol–water partition coefficient (Wildman–Crippen LogP) is 4.20. The number of hydrogen-bond donors (Lipinski definition) is 1. The molecule has 0 spiro atoms. The Morgan fingerprint density at radius 1 is 1.13 bits per heavy atom. The first-order valence-corrected chi connectivity index (χ1v) is 8.55. The van der Waals surface area contributed by atoms with Crippen molar-refractivity contribution in [2.24, 2.45) is 0 Å². The van der Waals surface area contributed by atoms with Gasteiger partial charge in [-0.1, -0.05) is 37.6 Å². The molecular formula is C18H27NO3S. The normalized spacial score (nSPS) is 11.1. The van der Waals surface area contributed by atoms with Crippen LogP contribution in [0.4, 0.5) is 0 Å². The Hall–Kier alpha value is -1.27. The monoisotopic (exact) mass is 337 g/mol. The maximum absolute atomic E-state index is 9.65. The topological polar surface area (TPSA) is 51.6 Å². The van der Waals surface area contributed by atoms with Crippen LogP contribution in [-0.4, -0.2) is 30.9 Å². The Bertz CT molecular complexity index is 625. The molecule has 128 valence electrons. The van der Waals surface area contributed by atoms with Crippen molar-refractivity contribution in [2.45, 2.75) is 40.4 Å². The van der Waals surface area contributed by atoms with Crippen LogP contribution in [0.5, 0.6) is 0 Å². The third-order valence-electron chi connectivity index (χ3n) is 3.62. The molecule has 0 aliphatic heterocycles. The molecule has 1 aromatic carbocycles. The number of thiazole rings is 1. The van der Waals surface area contributed by atoms with Gasteiger partial charge in [-0.25, -0.2) is 4.98 Å². The second kappa shape index (κ2) is 8.55. The highest BCUT2D eigenvalue weighted by Crippen LogP contribution is 2.38. The number of nitrogens with zero attached hydrogens (tertiary/aromatic N) is 1. The van der Waals surface area contributed by atoms with Crippen molar-refractivity contribution in [1.82, 2.24) is 4.98 Å². The molecule has 23 heavy (non-hydrogen) atoms. The highest BCUT2D eigenvalue weighted by atomic mass is 32.1. The summed E-state index contributed by atoms with van der Waals surface area (Å²) >= 11 is 1.49. The molecule has 0 saturated heterocycles. The van der Waals surface area contributed by atoms with Crippen LogP contribution in [0.2, 0.25) is 0 Å². The third kappa shape index (κ3) is 3.98. The lowest BCUT2D eigenvalue weighted by Crippen LogP contribution is -2.34. The fourth-order valence-corrected chi connectivity index (χ4v) is 3.68. The summed E-state index contributed by atoms with van der Waals surface area (Å²) in [6.07, 6.45) is 0. The van der Waals surface area contributed by atoms with E-state index in [0.717, 1.165) is 21.1 Å². The summed E-state index contributed by atoms with van der Waals surface area (Å²) in [4.78, 5) is 5.42. The number of benzene rings is 1. The summed E-state index contributed by atoms with van der Waals surface area (Å²) in [5, 5.41) is 10.6. The minimum absolute atomic E-state index is 0.255. The van der Waals surface area contributed by atoms with Gasteiger partial charge in [-0.15, -0.1) is 11.3 Å². The minimum atomic E-state index is -1.14. The number of aryl methyl sites for hydroxylation is 3. The van der Waals surface area contributed by atoms with Gasteiger partial charge >= 0.3 is 0 Å². The van der Waals surface area contributed by atoms with Crippen LogP contribution in [0.3, 0.4) is 0 Å². The first-order chi connectivity index (χ1) is 11.0. The highest BCUT2D eigenvalue weighted by Gasteiger charge is 2.36. The van der Waals surface area contributed by atoms with Gasteiger partial charge in [0.2, 0.25) is 5.79 Å². The second-order valence-electron chi connectivity index (χ2n) is 5.07. The van der Waals surface area contributed by atoms with Gasteiger partial charge in [-0.3, -0.25) is 0 Å². The lowest BCUT2D eigenvalue weighted by atomic mass is 10.1. The third-order valence-corrected chi connectivity index (χ3v) is 4.94. The number of aliphatic hydroxyl groups excluding tert-OH is 1. The number of rotatable bonds is 5. The lowest BCUT2D eigenvalue weighted by Gasteiger charge is -2.27. The number of aromatic nitrogens is 1. The number of ether oxygens (including phenoxy) is 2. The van der Waals surface area contributed by atoms with Crippen molar-refractivity contribution in [2.75, 3.05) is 20.8 Å². The molecule has 1 N–H and O–H groups in total. The molecule has 5 heteroatoms. The van der Waals surface area contributed by atoms with E-state index in [1.54, 1.807) is 0 Å². The van der Waals surface area contributed by atoms with E-state index < -0.39 is 5.79 Å². The molecule has 0 aliphatic rings. The molecule has 0 unspecified atom stereocenters. The van der Waals surface area contributed by atoms with Crippen LogP contribution in [0.25, 0.3) is 10.6 Å². The minimum Gasteiger partial charge on any atom is -0.390 e. The summed E-state index contributed by atoms with van der Waals surface area (Å²) in [6.45, 7) is 9.79. The lowest BCUT2D eigenvalue weighted by molar-refractivity contribution is -0.234. The van der Waals surface area contributed by atoms with Crippen molar-refractivity contribution >= 4 is 11.3 Å². The smallest absolute Gasteiger partial charge is 0.229 e. The van der Waals surface area contributed by atoms with Crippen molar-refractivity contribution < 1.29 is 14.6 Å². The number of methoxy groups -OCH3 is 2. The van der Waals surface area contributed by atoms with Gasteiger partial charge in [-0.2, -0.15) is 0 Å². The van der Waals surface area contributed by atoms with Gasteiger partial charge in [0.1, 0.15) is 11.6 Å². The molecule has 0 bridgehead atoms. The zero-order valence-corrected chi connectivity index (χ0v) is 15.9. The average molecular weight is 337 g/mol. The van der Waals surface area contributed by atoms with Crippen LogP contribution in [0.15, 0.2) is 18.2 Å². The summed E-state index contributed by atoms with van der Waals surface area (Å²) in [5.74, 6) is -1.14. The summed E-state index contributed by atoms with van der Waals surface area (Å²) in [5.41, 5.74) is 4.31. The second-order valence-corrected chi connectivity index (χ2v) is 6.07. The molecule has 0 atom stereocenters. The quantitative estimate of drug-likeness (QED) is 0.831. The van der Waals surface area contributed by atoms with Gasteiger partial charge in [0, 0.05) is 19.8 Å². The predicted molar refractivity (Wildman–Crippen MR) is 95.9 cm³/mol.